The monoisotopic (exact) mass is 441 g/mol. The zero-order chi connectivity index (χ0) is 22.2. The summed E-state index contributed by atoms with van der Waals surface area (Å²) >= 11 is 0. The Morgan fingerprint density at radius 2 is 1.29 bits per heavy atom. The van der Waals surface area contributed by atoms with Gasteiger partial charge in [0.1, 0.15) is 0 Å². The summed E-state index contributed by atoms with van der Waals surface area (Å²) in [6.07, 6.45) is -5.30. The molecule has 0 radical (unpaired) electrons. The molecule has 2 aromatic carbocycles. The minimum Gasteiger partial charge on any atom is -0.299 e. The predicted octanol–water partition coefficient (Wildman–Crippen LogP) is 7.06. The molecule has 168 valence electrons. The molecule has 1 saturated carbocycles. The normalized spacial score (nSPS) is 22.5. The van der Waals surface area contributed by atoms with Gasteiger partial charge in [0.05, 0.1) is 11.1 Å². The van der Waals surface area contributed by atoms with Crippen molar-refractivity contribution in [3.05, 3.63) is 70.3 Å². The summed E-state index contributed by atoms with van der Waals surface area (Å²) in [6.45, 7) is 3.22. The van der Waals surface area contributed by atoms with E-state index in [-0.39, 0.29) is 24.0 Å². The number of rotatable bonds is 5. The van der Waals surface area contributed by atoms with Crippen molar-refractivity contribution in [2.75, 3.05) is 13.1 Å². The number of benzene rings is 2. The van der Waals surface area contributed by atoms with Crippen LogP contribution in [0.1, 0.15) is 59.4 Å². The van der Waals surface area contributed by atoms with E-state index in [0.29, 0.717) is 5.92 Å². The molecular formula is C24H25F6N. The minimum absolute atomic E-state index is 0.0962. The zero-order valence-electron chi connectivity index (χ0n) is 17.1. The van der Waals surface area contributed by atoms with Gasteiger partial charge in [-0.1, -0.05) is 24.3 Å². The summed E-state index contributed by atoms with van der Waals surface area (Å²) in [4.78, 5) is 2.43. The van der Waals surface area contributed by atoms with Gasteiger partial charge in [-0.3, -0.25) is 4.90 Å². The second-order valence-electron chi connectivity index (χ2n) is 8.88. The van der Waals surface area contributed by atoms with E-state index in [2.05, 4.69) is 29.2 Å². The summed E-state index contributed by atoms with van der Waals surface area (Å²) in [7, 11) is 0. The summed E-state index contributed by atoms with van der Waals surface area (Å²) in [5.74, 6) is 0.414. The largest absolute Gasteiger partial charge is 0.416 e. The Kier molecular flexibility index (Phi) is 6.08. The Bertz CT molecular complexity index is 856. The molecule has 7 heteroatoms. The SMILES string of the molecule is FC(F)(F)c1cc(CC2CC(c3ccc(CN4CCCC4)cc3)C2)cc(C(F)(F)F)c1. The van der Waals surface area contributed by atoms with Crippen LogP contribution >= 0.6 is 0 Å². The van der Waals surface area contributed by atoms with E-state index in [1.54, 1.807) is 0 Å². The zero-order valence-corrected chi connectivity index (χ0v) is 17.1. The molecule has 0 spiro atoms. The second kappa shape index (κ2) is 8.49. The average Bonchev–Trinajstić information content (AvgIpc) is 3.17. The molecule has 0 bridgehead atoms. The van der Waals surface area contributed by atoms with Crippen molar-refractivity contribution in [3.63, 3.8) is 0 Å². The molecule has 0 atom stereocenters. The maximum Gasteiger partial charge on any atom is 0.416 e. The number of likely N-dealkylation sites (tertiary alicyclic amines) is 1. The van der Waals surface area contributed by atoms with Crippen LogP contribution in [-0.4, -0.2) is 18.0 Å². The topological polar surface area (TPSA) is 3.24 Å². The van der Waals surface area contributed by atoms with Gasteiger partial charge in [-0.15, -0.1) is 0 Å². The van der Waals surface area contributed by atoms with Crippen LogP contribution in [0.5, 0.6) is 0 Å². The van der Waals surface area contributed by atoms with E-state index in [4.69, 9.17) is 0 Å². The number of halogens is 6. The first-order valence-electron chi connectivity index (χ1n) is 10.7. The highest BCUT2D eigenvalue weighted by atomic mass is 19.4. The van der Waals surface area contributed by atoms with Crippen LogP contribution in [0.3, 0.4) is 0 Å². The molecule has 1 heterocycles. The fourth-order valence-corrected chi connectivity index (χ4v) is 4.74. The van der Waals surface area contributed by atoms with Crippen LogP contribution < -0.4 is 0 Å². The Labute approximate surface area is 178 Å². The number of hydrogen-bond acceptors (Lipinski definition) is 1. The lowest BCUT2D eigenvalue weighted by atomic mass is 9.69. The lowest BCUT2D eigenvalue weighted by Gasteiger charge is -2.36. The number of nitrogens with zero attached hydrogens (tertiary/aromatic N) is 1. The molecule has 1 aliphatic heterocycles. The Morgan fingerprint density at radius 3 is 1.81 bits per heavy atom. The van der Waals surface area contributed by atoms with Crippen molar-refractivity contribution in [1.82, 2.24) is 4.90 Å². The summed E-state index contributed by atoms with van der Waals surface area (Å²) in [5.41, 5.74) is 0.0988. The molecule has 4 rings (SSSR count). The molecule has 0 amide bonds. The fourth-order valence-electron chi connectivity index (χ4n) is 4.74. The van der Waals surface area contributed by atoms with Crippen LogP contribution in [0.4, 0.5) is 26.3 Å². The maximum atomic E-state index is 13.0. The molecule has 2 fully saturated rings. The third kappa shape index (κ3) is 5.43. The van der Waals surface area contributed by atoms with Crippen LogP contribution in [0.2, 0.25) is 0 Å². The van der Waals surface area contributed by atoms with E-state index in [1.807, 2.05) is 0 Å². The lowest BCUT2D eigenvalue weighted by Crippen LogP contribution is -2.24. The van der Waals surface area contributed by atoms with Gasteiger partial charge < -0.3 is 0 Å². The van der Waals surface area contributed by atoms with Crippen LogP contribution in [0.15, 0.2) is 42.5 Å². The Balaban J connectivity index is 1.37. The Hall–Kier alpha value is -2.02. The molecule has 2 aromatic rings. The summed E-state index contributed by atoms with van der Waals surface area (Å²) in [6, 6.07) is 10.4. The molecule has 0 unspecified atom stereocenters. The standard InChI is InChI=1S/C24H25F6N/c25-23(26,27)21-12-18(13-22(14-21)24(28,29)30)9-17-10-20(11-17)19-5-3-16(4-6-19)15-31-7-1-2-8-31/h3-6,12-14,17,20H,1-2,7-11,15H2. The van der Waals surface area contributed by atoms with Crippen LogP contribution in [0.25, 0.3) is 0 Å². The first-order chi connectivity index (χ1) is 14.6. The van der Waals surface area contributed by atoms with E-state index in [9.17, 15) is 26.3 Å². The van der Waals surface area contributed by atoms with Crippen molar-refractivity contribution in [2.24, 2.45) is 5.92 Å². The van der Waals surface area contributed by atoms with Gasteiger partial charge >= 0.3 is 12.4 Å². The first kappa shape index (κ1) is 22.2. The van der Waals surface area contributed by atoms with Crippen LogP contribution in [-0.2, 0) is 25.3 Å². The average molecular weight is 441 g/mol. The smallest absolute Gasteiger partial charge is 0.299 e. The van der Waals surface area contributed by atoms with Crippen molar-refractivity contribution >= 4 is 0 Å². The van der Waals surface area contributed by atoms with Crippen molar-refractivity contribution in [3.8, 4) is 0 Å². The highest BCUT2D eigenvalue weighted by Gasteiger charge is 2.38. The highest BCUT2D eigenvalue weighted by molar-refractivity contribution is 5.34. The van der Waals surface area contributed by atoms with E-state index in [0.717, 1.165) is 44.6 Å². The molecule has 31 heavy (non-hydrogen) atoms. The van der Waals surface area contributed by atoms with Gasteiger partial charge in [-0.25, -0.2) is 0 Å². The number of alkyl halides is 6. The van der Waals surface area contributed by atoms with Gasteiger partial charge in [0.25, 0.3) is 0 Å². The molecule has 0 N–H and O–H groups in total. The van der Waals surface area contributed by atoms with Crippen molar-refractivity contribution in [1.29, 1.82) is 0 Å². The van der Waals surface area contributed by atoms with Gasteiger partial charge in [-0.2, -0.15) is 26.3 Å². The molecule has 1 aliphatic carbocycles. The molecule has 1 nitrogen and oxygen atoms in total. The molecule has 1 saturated heterocycles. The fraction of sp³-hybridized carbons (Fsp3) is 0.500. The third-order valence-electron chi connectivity index (χ3n) is 6.46. The second-order valence-corrected chi connectivity index (χ2v) is 8.88. The third-order valence-corrected chi connectivity index (χ3v) is 6.46. The first-order valence-corrected chi connectivity index (χ1v) is 10.7. The molecule has 0 aromatic heterocycles. The van der Waals surface area contributed by atoms with Gasteiger partial charge in [0.2, 0.25) is 0 Å². The Morgan fingerprint density at radius 1 is 0.742 bits per heavy atom. The van der Waals surface area contributed by atoms with E-state index in [1.165, 1.54) is 24.0 Å². The lowest BCUT2D eigenvalue weighted by molar-refractivity contribution is -0.143. The van der Waals surface area contributed by atoms with Gasteiger partial charge in [-0.05, 0) is 91.9 Å². The van der Waals surface area contributed by atoms with Crippen molar-refractivity contribution < 1.29 is 26.3 Å². The summed E-state index contributed by atoms with van der Waals surface area (Å²) in [5, 5.41) is 0. The van der Waals surface area contributed by atoms with Gasteiger partial charge in [0.15, 0.2) is 0 Å². The quantitative estimate of drug-likeness (QED) is 0.449. The van der Waals surface area contributed by atoms with E-state index < -0.39 is 23.5 Å². The highest BCUT2D eigenvalue weighted by Crippen LogP contribution is 2.44. The summed E-state index contributed by atoms with van der Waals surface area (Å²) < 4.78 is 78.3. The van der Waals surface area contributed by atoms with Gasteiger partial charge in [0, 0.05) is 6.54 Å². The number of hydrogen-bond donors (Lipinski definition) is 0. The minimum atomic E-state index is -4.80. The molecular weight excluding hydrogens is 416 g/mol. The van der Waals surface area contributed by atoms with E-state index >= 15 is 0 Å². The maximum absolute atomic E-state index is 13.0. The predicted molar refractivity (Wildman–Crippen MR) is 107 cm³/mol. The van der Waals surface area contributed by atoms with Crippen LogP contribution in [0, 0.1) is 5.92 Å². The molecule has 2 aliphatic rings. The van der Waals surface area contributed by atoms with Crippen molar-refractivity contribution in [2.45, 2.75) is 56.9 Å².